The summed E-state index contributed by atoms with van der Waals surface area (Å²) in [5.41, 5.74) is 6.34. The van der Waals surface area contributed by atoms with Crippen LogP contribution in [0, 0.1) is 5.92 Å². The zero-order chi connectivity index (χ0) is 13.0. The fourth-order valence-corrected chi connectivity index (χ4v) is 2.97. The summed E-state index contributed by atoms with van der Waals surface area (Å²) in [7, 11) is 1.47. The Balaban J connectivity index is 2.29. The van der Waals surface area contributed by atoms with Crippen LogP contribution in [-0.4, -0.2) is 19.6 Å². The van der Waals surface area contributed by atoms with E-state index in [0.717, 1.165) is 31.2 Å². The molecule has 18 heavy (non-hydrogen) atoms. The Kier molecular flexibility index (Phi) is 4.02. The van der Waals surface area contributed by atoms with Gasteiger partial charge in [-0.1, -0.05) is 30.3 Å². The molecule has 0 aromatic heterocycles. The van der Waals surface area contributed by atoms with Crippen LogP contribution in [0.15, 0.2) is 30.3 Å². The van der Waals surface area contributed by atoms with E-state index in [1.165, 1.54) is 7.11 Å². The van der Waals surface area contributed by atoms with Gasteiger partial charge in [0.2, 0.25) is 0 Å². The van der Waals surface area contributed by atoms with E-state index in [0.29, 0.717) is 12.5 Å². The first-order valence-corrected chi connectivity index (χ1v) is 6.57. The van der Waals surface area contributed by atoms with E-state index >= 15 is 0 Å². The molecule has 0 saturated heterocycles. The Labute approximate surface area is 108 Å². The molecule has 1 saturated carbocycles. The summed E-state index contributed by atoms with van der Waals surface area (Å²) < 4.78 is 5.05. The molecular formula is C15H21NO2. The summed E-state index contributed by atoms with van der Waals surface area (Å²) in [6.07, 6.45) is 3.68. The SMILES string of the molecule is COC(=O)C1(c2ccccc2)CCC(CN)CC1. The maximum Gasteiger partial charge on any atom is 0.316 e. The molecular weight excluding hydrogens is 226 g/mol. The van der Waals surface area contributed by atoms with Crippen molar-refractivity contribution in [1.82, 2.24) is 0 Å². The lowest BCUT2D eigenvalue weighted by molar-refractivity contribution is -0.149. The van der Waals surface area contributed by atoms with Crippen molar-refractivity contribution in [3.8, 4) is 0 Å². The number of carbonyl (C=O) groups excluding carboxylic acids is 1. The molecule has 0 aliphatic heterocycles. The van der Waals surface area contributed by atoms with Gasteiger partial charge in [0.15, 0.2) is 0 Å². The predicted molar refractivity (Wildman–Crippen MR) is 71.1 cm³/mol. The van der Waals surface area contributed by atoms with Gasteiger partial charge in [-0.15, -0.1) is 0 Å². The molecule has 0 bridgehead atoms. The first kappa shape index (κ1) is 13.1. The Hall–Kier alpha value is -1.35. The topological polar surface area (TPSA) is 52.3 Å². The molecule has 2 N–H and O–H groups in total. The van der Waals surface area contributed by atoms with Crippen molar-refractivity contribution >= 4 is 5.97 Å². The summed E-state index contributed by atoms with van der Waals surface area (Å²) in [5, 5.41) is 0. The molecule has 0 heterocycles. The van der Waals surface area contributed by atoms with Crippen LogP contribution in [-0.2, 0) is 14.9 Å². The van der Waals surface area contributed by atoms with Crippen molar-refractivity contribution in [2.45, 2.75) is 31.1 Å². The highest BCUT2D eigenvalue weighted by Gasteiger charge is 2.43. The van der Waals surface area contributed by atoms with Crippen LogP contribution in [0.5, 0.6) is 0 Å². The van der Waals surface area contributed by atoms with Crippen molar-refractivity contribution in [3.05, 3.63) is 35.9 Å². The average molecular weight is 247 g/mol. The monoisotopic (exact) mass is 247 g/mol. The van der Waals surface area contributed by atoms with Crippen molar-refractivity contribution in [3.63, 3.8) is 0 Å². The zero-order valence-electron chi connectivity index (χ0n) is 10.9. The summed E-state index contributed by atoms with van der Waals surface area (Å²) in [4.78, 5) is 12.2. The molecule has 1 aliphatic carbocycles. The van der Waals surface area contributed by atoms with Gasteiger partial charge in [-0.05, 0) is 43.7 Å². The lowest BCUT2D eigenvalue weighted by Crippen LogP contribution is -2.41. The minimum Gasteiger partial charge on any atom is -0.468 e. The quantitative estimate of drug-likeness (QED) is 0.833. The summed E-state index contributed by atoms with van der Waals surface area (Å²) in [5.74, 6) is 0.440. The third kappa shape index (κ3) is 2.27. The first-order chi connectivity index (χ1) is 8.73. The molecule has 3 heteroatoms. The van der Waals surface area contributed by atoms with Crippen molar-refractivity contribution in [1.29, 1.82) is 0 Å². The van der Waals surface area contributed by atoms with E-state index in [9.17, 15) is 4.79 Å². The van der Waals surface area contributed by atoms with Gasteiger partial charge in [-0.2, -0.15) is 0 Å². The highest BCUT2D eigenvalue weighted by Crippen LogP contribution is 2.42. The van der Waals surface area contributed by atoms with Crippen molar-refractivity contribution in [2.24, 2.45) is 11.7 Å². The molecule has 0 atom stereocenters. The third-order valence-corrected chi connectivity index (χ3v) is 4.19. The number of methoxy groups -OCH3 is 1. The van der Waals surface area contributed by atoms with Crippen LogP contribution in [0.25, 0.3) is 0 Å². The smallest absolute Gasteiger partial charge is 0.316 e. The van der Waals surface area contributed by atoms with Gasteiger partial charge < -0.3 is 10.5 Å². The van der Waals surface area contributed by atoms with E-state index in [4.69, 9.17) is 10.5 Å². The van der Waals surface area contributed by atoms with Crippen molar-refractivity contribution < 1.29 is 9.53 Å². The third-order valence-electron chi connectivity index (χ3n) is 4.19. The Morgan fingerprint density at radius 2 is 1.94 bits per heavy atom. The lowest BCUT2D eigenvalue weighted by Gasteiger charge is -2.38. The van der Waals surface area contributed by atoms with Crippen LogP contribution in [0.3, 0.4) is 0 Å². The molecule has 1 fully saturated rings. The van der Waals surface area contributed by atoms with Crippen molar-refractivity contribution in [2.75, 3.05) is 13.7 Å². The molecule has 1 aromatic rings. The van der Waals surface area contributed by atoms with Gasteiger partial charge in [0.25, 0.3) is 0 Å². The molecule has 2 rings (SSSR count). The molecule has 0 unspecified atom stereocenters. The van der Waals surface area contributed by atoms with E-state index in [1.807, 2.05) is 30.3 Å². The highest BCUT2D eigenvalue weighted by atomic mass is 16.5. The van der Waals surface area contributed by atoms with E-state index < -0.39 is 5.41 Å². The van der Waals surface area contributed by atoms with E-state index in [1.54, 1.807) is 0 Å². The van der Waals surface area contributed by atoms with Gasteiger partial charge in [-0.3, -0.25) is 4.79 Å². The van der Waals surface area contributed by atoms with Crippen LogP contribution in [0.1, 0.15) is 31.2 Å². The molecule has 0 radical (unpaired) electrons. The number of nitrogens with two attached hydrogens (primary N) is 1. The molecule has 0 spiro atoms. The fraction of sp³-hybridized carbons (Fsp3) is 0.533. The van der Waals surface area contributed by atoms with Crippen LogP contribution in [0.4, 0.5) is 0 Å². The van der Waals surface area contributed by atoms with Gasteiger partial charge in [0.05, 0.1) is 12.5 Å². The summed E-state index contributed by atoms with van der Waals surface area (Å²) in [6, 6.07) is 9.99. The Bertz CT molecular complexity index is 394. The highest BCUT2D eigenvalue weighted by molar-refractivity contribution is 5.83. The second kappa shape index (κ2) is 5.53. The Morgan fingerprint density at radius 3 is 2.44 bits per heavy atom. The number of ether oxygens (including phenoxy) is 1. The molecule has 0 amide bonds. The standard InChI is InChI=1S/C15H21NO2/c1-18-14(17)15(13-5-3-2-4-6-13)9-7-12(11-16)8-10-15/h2-6,12H,7-11,16H2,1H3. The number of benzene rings is 1. The van der Waals surface area contributed by atoms with Crippen LogP contribution >= 0.6 is 0 Å². The maximum absolute atomic E-state index is 12.2. The number of hydrogen-bond acceptors (Lipinski definition) is 3. The maximum atomic E-state index is 12.2. The number of carbonyl (C=O) groups is 1. The predicted octanol–water partition coefficient (Wildman–Crippen LogP) is 2.25. The number of esters is 1. The first-order valence-electron chi connectivity index (χ1n) is 6.57. The number of rotatable bonds is 3. The second-order valence-electron chi connectivity index (χ2n) is 5.12. The largest absolute Gasteiger partial charge is 0.468 e. The van der Waals surface area contributed by atoms with Gasteiger partial charge >= 0.3 is 5.97 Å². The molecule has 98 valence electrons. The van der Waals surface area contributed by atoms with Crippen LogP contribution in [0.2, 0.25) is 0 Å². The van der Waals surface area contributed by atoms with Gasteiger partial charge in [0, 0.05) is 0 Å². The average Bonchev–Trinajstić information content (AvgIpc) is 2.47. The minimum absolute atomic E-state index is 0.107. The second-order valence-corrected chi connectivity index (χ2v) is 5.12. The zero-order valence-corrected chi connectivity index (χ0v) is 10.9. The van der Waals surface area contributed by atoms with Crippen LogP contribution < -0.4 is 5.73 Å². The Morgan fingerprint density at radius 1 is 1.33 bits per heavy atom. The van der Waals surface area contributed by atoms with E-state index in [-0.39, 0.29) is 5.97 Å². The minimum atomic E-state index is -0.457. The lowest BCUT2D eigenvalue weighted by atomic mass is 9.66. The fourth-order valence-electron chi connectivity index (χ4n) is 2.97. The van der Waals surface area contributed by atoms with E-state index in [2.05, 4.69) is 0 Å². The van der Waals surface area contributed by atoms with Gasteiger partial charge in [0.1, 0.15) is 0 Å². The summed E-state index contributed by atoms with van der Waals surface area (Å²) >= 11 is 0. The summed E-state index contributed by atoms with van der Waals surface area (Å²) in [6.45, 7) is 0.714. The normalized spacial score (nSPS) is 27.8. The molecule has 1 aliphatic rings. The molecule has 1 aromatic carbocycles. The number of hydrogen-bond donors (Lipinski definition) is 1. The van der Waals surface area contributed by atoms with Gasteiger partial charge in [-0.25, -0.2) is 0 Å². The molecule has 3 nitrogen and oxygen atoms in total.